The lowest BCUT2D eigenvalue weighted by Crippen LogP contribution is -2.32. The molecule has 1 heterocycles. The van der Waals surface area contributed by atoms with Gasteiger partial charge in [0.15, 0.2) is 9.84 Å². The van der Waals surface area contributed by atoms with Gasteiger partial charge in [0.25, 0.3) is 0 Å². The van der Waals surface area contributed by atoms with Gasteiger partial charge in [-0.2, -0.15) is 0 Å². The molecule has 0 amide bonds. The van der Waals surface area contributed by atoms with Crippen LogP contribution >= 0.6 is 15.9 Å². The maximum Gasteiger partial charge on any atom is 0.151 e. The van der Waals surface area contributed by atoms with Gasteiger partial charge >= 0.3 is 0 Å². The van der Waals surface area contributed by atoms with Crippen LogP contribution in [-0.4, -0.2) is 26.0 Å². The molecule has 1 aliphatic rings. The Morgan fingerprint density at radius 1 is 1.47 bits per heavy atom. The second-order valence-electron chi connectivity index (χ2n) is 4.54. The van der Waals surface area contributed by atoms with Crippen LogP contribution in [0.15, 0.2) is 28.7 Å². The predicted octanol–water partition coefficient (Wildman–Crippen LogP) is 2.29. The highest BCUT2D eigenvalue weighted by atomic mass is 79.9. The third-order valence-electron chi connectivity index (χ3n) is 3.07. The SMILES string of the molecule is C[C@@H](NC1CCS(=O)(=O)C1)c1cccc(Br)c1. The summed E-state index contributed by atoms with van der Waals surface area (Å²) in [5, 5.41) is 3.38. The van der Waals surface area contributed by atoms with Gasteiger partial charge in [-0.1, -0.05) is 28.1 Å². The number of sulfone groups is 1. The van der Waals surface area contributed by atoms with E-state index in [1.165, 1.54) is 5.56 Å². The standard InChI is InChI=1S/C12H16BrNO2S/c1-9(10-3-2-4-11(13)7-10)14-12-5-6-17(15,16)8-12/h2-4,7,9,12,14H,5-6,8H2,1H3/t9-,12?/m1/s1. The number of nitrogens with one attached hydrogen (secondary N) is 1. The van der Waals surface area contributed by atoms with Crippen LogP contribution in [0.5, 0.6) is 0 Å². The van der Waals surface area contributed by atoms with Crippen molar-refractivity contribution < 1.29 is 8.42 Å². The Kier molecular flexibility index (Phi) is 3.90. The van der Waals surface area contributed by atoms with Crippen molar-refractivity contribution >= 4 is 25.8 Å². The van der Waals surface area contributed by atoms with Gasteiger partial charge in [0.1, 0.15) is 0 Å². The van der Waals surface area contributed by atoms with E-state index < -0.39 is 9.84 Å². The van der Waals surface area contributed by atoms with Crippen LogP contribution in [0.25, 0.3) is 0 Å². The first-order chi connectivity index (χ1) is 7.96. The summed E-state index contributed by atoms with van der Waals surface area (Å²) in [5.41, 5.74) is 1.17. The van der Waals surface area contributed by atoms with Crippen molar-refractivity contribution in [3.63, 3.8) is 0 Å². The minimum absolute atomic E-state index is 0.0916. The first-order valence-electron chi connectivity index (χ1n) is 5.68. The molecule has 1 aliphatic heterocycles. The molecule has 1 N–H and O–H groups in total. The summed E-state index contributed by atoms with van der Waals surface area (Å²) >= 11 is 3.44. The molecule has 2 atom stereocenters. The highest BCUT2D eigenvalue weighted by Crippen LogP contribution is 2.20. The molecule has 3 nitrogen and oxygen atoms in total. The average Bonchev–Trinajstić information content (AvgIpc) is 2.58. The van der Waals surface area contributed by atoms with Crippen molar-refractivity contribution in [2.75, 3.05) is 11.5 Å². The van der Waals surface area contributed by atoms with Crippen LogP contribution in [0.4, 0.5) is 0 Å². The summed E-state index contributed by atoms with van der Waals surface area (Å²) in [4.78, 5) is 0. The Balaban J connectivity index is 2.00. The van der Waals surface area contributed by atoms with E-state index in [-0.39, 0.29) is 17.8 Å². The van der Waals surface area contributed by atoms with Crippen LogP contribution in [0.1, 0.15) is 24.9 Å². The van der Waals surface area contributed by atoms with Crippen LogP contribution in [0.3, 0.4) is 0 Å². The smallest absolute Gasteiger partial charge is 0.151 e. The molecule has 0 spiro atoms. The van der Waals surface area contributed by atoms with Gasteiger partial charge in [-0.3, -0.25) is 0 Å². The van der Waals surface area contributed by atoms with Crippen molar-refractivity contribution in [2.24, 2.45) is 0 Å². The van der Waals surface area contributed by atoms with Crippen LogP contribution in [0, 0.1) is 0 Å². The second-order valence-corrected chi connectivity index (χ2v) is 7.69. The summed E-state index contributed by atoms with van der Waals surface area (Å²) in [5.74, 6) is 0.585. The molecule has 0 aliphatic carbocycles. The van der Waals surface area contributed by atoms with Crippen molar-refractivity contribution in [2.45, 2.75) is 25.4 Å². The molecule has 1 saturated heterocycles. The Bertz CT molecular complexity index is 501. The first kappa shape index (κ1) is 13.1. The zero-order valence-corrected chi connectivity index (χ0v) is 12.1. The third-order valence-corrected chi connectivity index (χ3v) is 5.33. The average molecular weight is 318 g/mol. The number of hydrogen-bond donors (Lipinski definition) is 1. The lowest BCUT2D eigenvalue weighted by molar-refractivity contribution is 0.485. The van der Waals surface area contributed by atoms with E-state index in [1.54, 1.807) is 0 Å². The van der Waals surface area contributed by atoms with Crippen molar-refractivity contribution in [1.82, 2.24) is 5.32 Å². The quantitative estimate of drug-likeness (QED) is 0.930. The van der Waals surface area contributed by atoms with E-state index in [0.29, 0.717) is 5.75 Å². The van der Waals surface area contributed by atoms with E-state index in [2.05, 4.69) is 34.2 Å². The molecule has 17 heavy (non-hydrogen) atoms. The maximum atomic E-state index is 11.4. The molecule has 1 fully saturated rings. The number of halogens is 1. The Morgan fingerprint density at radius 3 is 2.82 bits per heavy atom. The molecular formula is C12H16BrNO2S. The molecule has 0 radical (unpaired) electrons. The van der Waals surface area contributed by atoms with Gasteiger partial charge in [-0.05, 0) is 31.0 Å². The molecular weight excluding hydrogens is 302 g/mol. The number of rotatable bonds is 3. The molecule has 5 heteroatoms. The predicted molar refractivity (Wildman–Crippen MR) is 72.8 cm³/mol. The molecule has 0 bridgehead atoms. The lowest BCUT2D eigenvalue weighted by atomic mass is 10.1. The van der Waals surface area contributed by atoms with E-state index >= 15 is 0 Å². The Morgan fingerprint density at radius 2 is 2.24 bits per heavy atom. The fourth-order valence-corrected chi connectivity index (χ4v) is 4.26. The monoisotopic (exact) mass is 317 g/mol. The van der Waals surface area contributed by atoms with Gasteiger partial charge < -0.3 is 5.32 Å². The first-order valence-corrected chi connectivity index (χ1v) is 8.30. The molecule has 1 aromatic rings. The zero-order chi connectivity index (χ0) is 12.5. The van der Waals surface area contributed by atoms with Gasteiger partial charge in [0.05, 0.1) is 11.5 Å². The minimum Gasteiger partial charge on any atom is -0.306 e. The van der Waals surface area contributed by atoms with E-state index in [4.69, 9.17) is 0 Å². The topological polar surface area (TPSA) is 46.2 Å². The molecule has 94 valence electrons. The highest BCUT2D eigenvalue weighted by Gasteiger charge is 2.28. The van der Waals surface area contributed by atoms with E-state index in [9.17, 15) is 8.42 Å². The largest absolute Gasteiger partial charge is 0.306 e. The Hall–Kier alpha value is -0.390. The summed E-state index contributed by atoms with van der Waals surface area (Å²) in [7, 11) is -2.80. The number of benzene rings is 1. The maximum absolute atomic E-state index is 11.4. The van der Waals surface area contributed by atoms with Crippen LogP contribution < -0.4 is 5.32 Å². The van der Waals surface area contributed by atoms with Gasteiger partial charge in [-0.25, -0.2) is 8.42 Å². The third kappa shape index (κ3) is 3.53. The fourth-order valence-electron chi connectivity index (χ4n) is 2.15. The van der Waals surface area contributed by atoms with E-state index in [1.807, 2.05) is 18.2 Å². The summed E-state index contributed by atoms with van der Waals surface area (Å²) in [6.07, 6.45) is 0.723. The highest BCUT2D eigenvalue weighted by molar-refractivity contribution is 9.10. The molecule has 0 saturated carbocycles. The molecule has 2 rings (SSSR count). The van der Waals surface area contributed by atoms with Crippen molar-refractivity contribution in [3.05, 3.63) is 34.3 Å². The van der Waals surface area contributed by atoms with Gasteiger partial charge in [-0.15, -0.1) is 0 Å². The van der Waals surface area contributed by atoms with Crippen LogP contribution in [0.2, 0.25) is 0 Å². The minimum atomic E-state index is -2.80. The molecule has 1 unspecified atom stereocenters. The summed E-state index contributed by atoms with van der Waals surface area (Å²) in [6, 6.07) is 8.34. The summed E-state index contributed by atoms with van der Waals surface area (Å²) in [6.45, 7) is 2.06. The van der Waals surface area contributed by atoms with Crippen LogP contribution in [-0.2, 0) is 9.84 Å². The Labute approximate surface area is 111 Å². The normalized spacial score (nSPS) is 24.7. The fraction of sp³-hybridized carbons (Fsp3) is 0.500. The van der Waals surface area contributed by atoms with Crippen molar-refractivity contribution in [3.8, 4) is 0 Å². The molecule has 1 aromatic carbocycles. The van der Waals surface area contributed by atoms with Gasteiger partial charge in [0.2, 0.25) is 0 Å². The van der Waals surface area contributed by atoms with Crippen molar-refractivity contribution in [1.29, 1.82) is 0 Å². The zero-order valence-electron chi connectivity index (χ0n) is 9.69. The number of hydrogen-bond acceptors (Lipinski definition) is 3. The lowest BCUT2D eigenvalue weighted by Gasteiger charge is -2.18. The van der Waals surface area contributed by atoms with Gasteiger partial charge in [0, 0.05) is 16.6 Å². The molecule has 0 aromatic heterocycles. The summed E-state index contributed by atoms with van der Waals surface area (Å²) < 4.78 is 23.8. The van der Waals surface area contributed by atoms with E-state index in [0.717, 1.165) is 10.9 Å². The second kappa shape index (κ2) is 5.08.